The highest BCUT2D eigenvalue weighted by molar-refractivity contribution is 7.99. The van der Waals surface area contributed by atoms with E-state index < -0.39 is 0 Å². The summed E-state index contributed by atoms with van der Waals surface area (Å²) in [6.45, 7) is 8.55. The zero-order valence-electron chi connectivity index (χ0n) is 13.2. The first-order valence-corrected chi connectivity index (χ1v) is 8.94. The molecule has 1 unspecified atom stereocenters. The van der Waals surface area contributed by atoms with E-state index in [4.69, 9.17) is 4.74 Å². The Morgan fingerprint density at radius 3 is 2.60 bits per heavy atom. The number of rotatable bonds is 11. The molecule has 0 aliphatic heterocycles. The molecule has 0 aromatic heterocycles. The molecular formula is C17H29NOS. The molecule has 0 radical (unpaired) electrons. The molecule has 114 valence electrons. The van der Waals surface area contributed by atoms with Crippen LogP contribution in [-0.2, 0) is 6.42 Å². The molecule has 0 saturated heterocycles. The van der Waals surface area contributed by atoms with Gasteiger partial charge in [0.05, 0.1) is 6.61 Å². The normalized spacial score (nSPS) is 12.3. The zero-order chi connectivity index (χ0) is 14.6. The Hall–Kier alpha value is -0.670. The average molecular weight is 295 g/mol. The smallest absolute Gasteiger partial charge is 0.119 e. The number of ether oxygens (including phenoxy) is 1. The van der Waals surface area contributed by atoms with Crippen LogP contribution in [0.15, 0.2) is 24.3 Å². The van der Waals surface area contributed by atoms with E-state index in [2.05, 4.69) is 50.4 Å². The van der Waals surface area contributed by atoms with E-state index in [1.165, 1.54) is 23.5 Å². The number of benzene rings is 1. The van der Waals surface area contributed by atoms with Crippen LogP contribution in [0.25, 0.3) is 0 Å². The lowest BCUT2D eigenvalue weighted by Crippen LogP contribution is -2.28. The molecule has 1 atom stereocenters. The van der Waals surface area contributed by atoms with Gasteiger partial charge in [0.2, 0.25) is 0 Å². The molecule has 0 aliphatic rings. The first kappa shape index (κ1) is 17.4. The third-order valence-electron chi connectivity index (χ3n) is 3.11. The van der Waals surface area contributed by atoms with Crippen molar-refractivity contribution in [3.63, 3.8) is 0 Å². The molecule has 3 heteroatoms. The Labute approximate surface area is 128 Å². The second-order valence-electron chi connectivity index (χ2n) is 5.10. The van der Waals surface area contributed by atoms with Crippen LogP contribution in [0.2, 0.25) is 0 Å². The van der Waals surface area contributed by atoms with E-state index in [9.17, 15) is 0 Å². The Bertz CT molecular complexity index is 339. The van der Waals surface area contributed by atoms with Gasteiger partial charge in [-0.15, -0.1) is 0 Å². The molecule has 1 rings (SSSR count). The highest BCUT2D eigenvalue weighted by Crippen LogP contribution is 2.14. The number of thioether (sulfide) groups is 1. The molecule has 2 nitrogen and oxygen atoms in total. The average Bonchev–Trinajstić information content (AvgIpc) is 2.46. The van der Waals surface area contributed by atoms with Crippen molar-refractivity contribution in [2.75, 3.05) is 24.7 Å². The third kappa shape index (κ3) is 7.81. The van der Waals surface area contributed by atoms with Crippen molar-refractivity contribution < 1.29 is 4.74 Å². The maximum atomic E-state index is 5.75. The lowest BCUT2D eigenvalue weighted by molar-refractivity contribution is 0.318. The van der Waals surface area contributed by atoms with E-state index >= 15 is 0 Å². The van der Waals surface area contributed by atoms with Crippen molar-refractivity contribution in [3.05, 3.63) is 29.8 Å². The molecule has 1 aromatic rings. The largest absolute Gasteiger partial charge is 0.494 e. The predicted octanol–water partition coefficient (Wildman–Crippen LogP) is 4.14. The molecule has 0 spiro atoms. The van der Waals surface area contributed by atoms with Crippen LogP contribution < -0.4 is 10.1 Å². The number of hydrogen-bond donors (Lipinski definition) is 1. The number of nitrogens with one attached hydrogen (secondary N) is 1. The second kappa shape index (κ2) is 11.0. The molecule has 20 heavy (non-hydrogen) atoms. The zero-order valence-corrected chi connectivity index (χ0v) is 14.0. The van der Waals surface area contributed by atoms with Gasteiger partial charge in [0.15, 0.2) is 0 Å². The molecule has 0 saturated carbocycles. The molecular weight excluding hydrogens is 266 g/mol. The van der Waals surface area contributed by atoms with E-state index in [1.807, 2.05) is 11.8 Å². The van der Waals surface area contributed by atoms with E-state index in [0.29, 0.717) is 6.04 Å². The second-order valence-corrected chi connectivity index (χ2v) is 6.50. The topological polar surface area (TPSA) is 21.3 Å². The van der Waals surface area contributed by atoms with Gasteiger partial charge < -0.3 is 10.1 Å². The van der Waals surface area contributed by atoms with Crippen LogP contribution in [0.5, 0.6) is 5.75 Å². The number of hydrogen-bond acceptors (Lipinski definition) is 3. The molecule has 0 fully saturated rings. The minimum atomic E-state index is 0.535. The lowest BCUT2D eigenvalue weighted by atomic mass is 10.1. The van der Waals surface area contributed by atoms with Gasteiger partial charge >= 0.3 is 0 Å². The van der Waals surface area contributed by atoms with Gasteiger partial charge in [-0.25, -0.2) is 0 Å². The Morgan fingerprint density at radius 1 is 1.20 bits per heavy atom. The van der Waals surface area contributed by atoms with Gasteiger partial charge in [0, 0.05) is 6.04 Å². The van der Waals surface area contributed by atoms with Crippen molar-refractivity contribution in [2.45, 2.75) is 46.1 Å². The SMILES string of the molecule is CCCNC(C)Cc1ccc(OCCCSCC)cc1. The first-order valence-electron chi connectivity index (χ1n) is 7.79. The summed E-state index contributed by atoms with van der Waals surface area (Å²) < 4.78 is 5.75. The summed E-state index contributed by atoms with van der Waals surface area (Å²) in [4.78, 5) is 0. The van der Waals surface area contributed by atoms with Gasteiger partial charge in [0.25, 0.3) is 0 Å². The van der Waals surface area contributed by atoms with Gasteiger partial charge in [-0.1, -0.05) is 26.0 Å². The molecule has 0 bridgehead atoms. The summed E-state index contributed by atoms with van der Waals surface area (Å²) in [5.74, 6) is 3.37. The lowest BCUT2D eigenvalue weighted by Gasteiger charge is -2.13. The monoisotopic (exact) mass is 295 g/mol. The standard InChI is InChI=1S/C17H29NOS/c1-4-11-18-15(3)14-16-7-9-17(10-8-16)19-12-6-13-20-5-2/h7-10,15,18H,4-6,11-14H2,1-3H3. The summed E-state index contributed by atoms with van der Waals surface area (Å²) in [6.07, 6.45) is 3.39. The first-order chi connectivity index (χ1) is 9.76. The van der Waals surface area contributed by atoms with Crippen LogP contribution in [-0.4, -0.2) is 30.7 Å². The maximum Gasteiger partial charge on any atom is 0.119 e. The fourth-order valence-corrected chi connectivity index (χ4v) is 2.64. The van der Waals surface area contributed by atoms with Crippen molar-refractivity contribution in [1.29, 1.82) is 0 Å². The van der Waals surface area contributed by atoms with Crippen LogP contribution in [0.4, 0.5) is 0 Å². The fourth-order valence-electron chi connectivity index (χ4n) is 2.03. The molecule has 0 heterocycles. The van der Waals surface area contributed by atoms with Gasteiger partial charge in [-0.2, -0.15) is 11.8 Å². The Morgan fingerprint density at radius 2 is 1.95 bits per heavy atom. The Kier molecular flexibility index (Phi) is 9.60. The highest BCUT2D eigenvalue weighted by Gasteiger charge is 2.02. The van der Waals surface area contributed by atoms with Crippen LogP contribution >= 0.6 is 11.8 Å². The molecule has 0 amide bonds. The van der Waals surface area contributed by atoms with Gasteiger partial charge in [-0.3, -0.25) is 0 Å². The maximum absolute atomic E-state index is 5.75. The van der Waals surface area contributed by atoms with Crippen molar-refractivity contribution in [1.82, 2.24) is 5.32 Å². The fraction of sp³-hybridized carbons (Fsp3) is 0.647. The summed E-state index contributed by atoms with van der Waals surface area (Å²) in [5, 5.41) is 3.52. The molecule has 1 aromatic carbocycles. The predicted molar refractivity (Wildman–Crippen MR) is 91.0 cm³/mol. The summed E-state index contributed by atoms with van der Waals surface area (Å²) in [7, 11) is 0. The summed E-state index contributed by atoms with van der Waals surface area (Å²) in [5.41, 5.74) is 1.37. The van der Waals surface area contributed by atoms with Crippen LogP contribution in [0, 0.1) is 0 Å². The van der Waals surface area contributed by atoms with E-state index in [1.54, 1.807) is 0 Å². The third-order valence-corrected chi connectivity index (χ3v) is 4.10. The minimum Gasteiger partial charge on any atom is -0.494 e. The quantitative estimate of drug-likeness (QED) is 0.620. The van der Waals surface area contributed by atoms with Crippen LogP contribution in [0.3, 0.4) is 0 Å². The van der Waals surface area contributed by atoms with Crippen LogP contribution in [0.1, 0.15) is 39.2 Å². The van der Waals surface area contributed by atoms with E-state index in [0.717, 1.165) is 31.7 Å². The van der Waals surface area contributed by atoms with Gasteiger partial charge in [-0.05, 0) is 61.9 Å². The Balaban J connectivity index is 2.25. The summed E-state index contributed by atoms with van der Waals surface area (Å²) in [6, 6.07) is 9.08. The summed E-state index contributed by atoms with van der Waals surface area (Å²) >= 11 is 1.97. The van der Waals surface area contributed by atoms with Crippen molar-refractivity contribution >= 4 is 11.8 Å². The van der Waals surface area contributed by atoms with E-state index in [-0.39, 0.29) is 0 Å². The molecule has 0 aliphatic carbocycles. The minimum absolute atomic E-state index is 0.535. The van der Waals surface area contributed by atoms with Crippen molar-refractivity contribution in [2.24, 2.45) is 0 Å². The van der Waals surface area contributed by atoms with Crippen molar-refractivity contribution in [3.8, 4) is 5.75 Å². The van der Waals surface area contributed by atoms with Gasteiger partial charge in [0.1, 0.15) is 5.75 Å². The molecule has 1 N–H and O–H groups in total. The highest BCUT2D eigenvalue weighted by atomic mass is 32.2.